The van der Waals surface area contributed by atoms with Crippen molar-refractivity contribution in [3.8, 4) is 0 Å². The van der Waals surface area contributed by atoms with Crippen molar-refractivity contribution in [2.45, 2.75) is 24.3 Å². The second-order valence-corrected chi connectivity index (χ2v) is 6.43. The summed E-state index contributed by atoms with van der Waals surface area (Å²) >= 11 is 0. The van der Waals surface area contributed by atoms with Crippen LogP contribution in [0.15, 0.2) is 11.1 Å². The van der Waals surface area contributed by atoms with Crippen LogP contribution in [0.25, 0.3) is 0 Å². The highest BCUT2D eigenvalue weighted by Gasteiger charge is 2.20. The van der Waals surface area contributed by atoms with Gasteiger partial charge < -0.3 is 9.84 Å². The SMILES string of the molecule is O=C(O)c1cc(S(=O)(=O)NCCC2CCCOC2)[nH]n1. The highest BCUT2D eigenvalue weighted by atomic mass is 32.2. The number of ether oxygens (including phenoxy) is 1. The molecule has 8 nitrogen and oxygen atoms in total. The number of nitrogens with zero attached hydrogens (tertiary/aromatic N) is 1. The summed E-state index contributed by atoms with van der Waals surface area (Å²) in [5.74, 6) is -0.912. The molecule has 1 atom stereocenters. The Labute approximate surface area is 116 Å². The van der Waals surface area contributed by atoms with Gasteiger partial charge in [-0.1, -0.05) is 0 Å². The minimum absolute atomic E-state index is 0.241. The molecule has 3 N–H and O–H groups in total. The highest BCUT2D eigenvalue weighted by Crippen LogP contribution is 2.16. The van der Waals surface area contributed by atoms with E-state index >= 15 is 0 Å². The molecule has 0 aromatic carbocycles. The van der Waals surface area contributed by atoms with Gasteiger partial charge in [0.25, 0.3) is 10.0 Å². The van der Waals surface area contributed by atoms with Crippen molar-refractivity contribution in [3.63, 3.8) is 0 Å². The van der Waals surface area contributed by atoms with Crippen LogP contribution < -0.4 is 4.72 Å². The van der Waals surface area contributed by atoms with E-state index in [-0.39, 0.29) is 17.3 Å². The van der Waals surface area contributed by atoms with E-state index in [0.29, 0.717) is 18.9 Å². The molecule has 0 aliphatic carbocycles. The molecule has 1 aliphatic heterocycles. The second-order valence-electron chi connectivity index (χ2n) is 4.69. The van der Waals surface area contributed by atoms with Crippen LogP contribution in [-0.4, -0.2) is 49.4 Å². The molecule has 1 aliphatic rings. The summed E-state index contributed by atoms with van der Waals surface area (Å²) in [6.45, 7) is 1.72. The van der Waals surface area contributed by atoms with Crippen molar-refractivity contribution >= 4 is 16.0 Å². The van der Waals surface area contributed by atoms with Gasteiger partial charge in [0.1, 0.15) is 0 Å². The largest absolute Gasteiger partial charge is 0.476 e. The zero-order valence-electron chi connectivity index (χ0n) is 10.8. The van der Waals surface area contributed by atoms with Crippen molar-refractivity contribution in [3.05, 3.63) is 11.8 Å². The first-order valence-electron chi connectivity index (χ1n) is 6.35. The van der Waals surface area contributed by atoms with Crippen molar-refractivity contribution in [2.24, 2.45) is 5.92 Å². The fourth-order valence-electron chi connectivity index (χ4n) is 2.06. The Hall–Kier alpha value is -1.45. The number of nitrogens with one attached hydrogen (secondary N) is 2. The lowest BCUT2D eigenvalue weighted by atomic mass is 9.99. The average Bonchev–Trinajstić information content (AvgIpc) is 2.90. The average molecular weight is 303 g/mol. The molecule has 0 spiro atoms. The summed E-state index contributed by atoms with van der Waals surface area (Å²) < 4.78 is 31.6. The molecular formula is C11H17N3O5S. The van der Waals surface area contributed by atoms with E-state index in [0.717, 1.165) is 25.5 Å². The zero-order chi connectivity index (χ0) is 14.6. The lowest BCUT2D eigenvalue weighted by Gasteiger charge is -2.21. The first-order chi connectivity index (χ1) is 9.49. The number of aromatic nitrogens is 2. The van der Waals surface area contributed by atoms with E-state index in [1.165, 1.54) is 0 Å². The Morgan fingerprint density at radius 2 is 2.40 bits per heavy atom. The first kappa shape index (κ1) is 14.9. The smallest absolute Gasteiger partial charge is 0.356 e. The molecule has 1 unspecified atom stereocenters. The van der Waals surface area contributed by atoms with Crippen LogP contribution >= 0.6 is 0 Å². The maximum absolute atomic E-state index is 11.9. The normalized spacial score (nSPS) is 19.9. The molecule has 2 rings (SSSR count). The van der Waals surface area contributed by atoms with Gasteiger partial charge in [-0.25, -0.2) is 17.9 Å². The summed E-state index contributed by atoms with van der Waals surface area (Å²) in [6, 6.07) is 0.994. The Morgan fingerprint density at radius 3 is 3.00 bits per heavy atom. The van der Waals surface area contributed by atoms with E-state index in [1.807, 2.05) is 0 Å². The Balaban J connectivity index is 1.88. The third-order valence-electron chi connectivity index (χ3n) is 3.16. The van der Waals surface area contributed by atoms with Gasteiger partial charge in [-0.3, -0.25) is 5.10 Å². The monoisotopic (exact) mass is 303 g/mol. The Bertz CT molecular complexity index is 562. The van der Waals surface area contributed by atoms with Gasteiger partial charge in [-0.05, 0) is 25.2 Å². The molecule has 112 valence electrons. The van der Waals surface area contributed by atoms with Crippen molar-refractivity contribution in [1.29, 1.82) is 0 Å². The molecular weight excluding hydrogens is 286 g/mol. The van der Waals surface area contributed by atoms with Gasteiger partial charge in [-0.2, -0.15) is 5.10 Å². The summed E-state index contributed by atoms with van der Waals surface area (Å²) in [5, 5.41) is 14.1. The lowest BCUT2D eigenvalue weighted by molar-refractivity contribution is 0.0523. The molecule has 1 fully saturated rings. The number of carbonyl (C=O) groups is 1. The molecule has 2 heterocycles. The highest BCUT2D eigenvalue weighted by molar-refractivity contribution is 7.89. The predicted molar refractivity (Wildman–Crippen MR) is 68.9 cm³/mol. The maximum atomic E-state index is 11.9. The van der Waals surface area contributed by atoms with Gasteiger partial charge in [0.15, 0.2) is 10.7 Å². The summed E-state index contributed by atoms with van der Waals surface area (Å²) in [5.41, 5.74) is -0.328. The molecule has 0 radical (unpaired) electrons. The number of aromatic carboxylic acids is 1. The van der Waals surface area contributed by atoms with E-state index in [2.05, 4.69) is 14.9 Å². The molecule has 1 aromatic rings. The number of carboxylic acid groups (broad SMARTS) is 1. The number of sulfonamides is 1. The van der Waals surface area contributed by atoms with Crippen LogP contribution in [0.2, 0.25) is 0 Å². The number of aromatic amines is 1. The van der Waals surface area contributed by atoms with E-state index in [4.69, 9.17) is 9.84 Å². The van der Waals surface area contributed by atoms with Crippen molar-refractivity contribution in [2.75, 3.05) is 19.8 Å². The predicted octanol–water partition coefficient (Wildman–Crippen LogP) is 0.203. The Morgan fingerprint density at radius 1 is 1.60 bits per heavy atom. The molecule has 0 amide bonds. The number of rotatable bonds is 6. The molecule has 0 bridgehead atoms. The minimum Gasteiger partial charge on any atom is -0.476 e. The topological polar surface area (TPSA) is 121 Å². The van der Waals surface area contributed by atoms with Crippen LogP contribution in [0.5, 0.6) is 0 Å². The summed E-state index contributed by atoms with van der Waals surface area (Å²) in [4.78, 5) is 10.7. The van der Waals surface area contributed by atoms with Crippen LogP contribution in [0.4, 0.5) is 0 Å². The molecule has 20 heavy (non-hydrogen) atoms. The van der Waals surface area contributed by atoms with Gasteiger partial charge in [0.2, 0.25) is 0 Å². The standard InChI is InChI=1S/C11H17N3O5S/c15-11(16)9-6-10(14-13-9)20(17,18)12-4-3-8-2-1-5-19-7-8/h6,8,12H,1-5,7H2,(H,13,14)(H,15,16). The second kappa shape index (κ2) is 6.33. The van der Waals surface area contributed by atoms with Crippen LogP contribution in [0.1, 0.15) is 29.8 Å². The van der Waals surface area contributed by atoms with E-state index in [1.54, 1.807) is 0 Å². The number of H-pyrrole nitrogens is 1. The van der Waals surface area contributed by atoms with Gasteiger partial charge in [0.05, 0.1) is 0 Å². The molecule has 1 saturated heterocycles. The molecule has 0 saturated carbocycles. The van der Waals surface area contributed by atoms with Crippen LogP contribution in [0.3, 0.4) is 0 Å². The number of hydrogen-bond acceptors (Lipinski definition) is 5. The van der Waals surface area contributed by atoms with Crippen LogP contribution in [0, 0.1) is 5.92 Å². The third kappa shape index (κ3) is 3.78. The lowest BCUT2D eigenvalue weighted by Crippen LogP contribution is -2.28. The first-order valence-corrected chi connectivity index (χ1v) is 7.83. The van der Waals surface area contributed by atoms with Crippen LogP contribution in [-0.2, 0) is 14.8 Å². The quantitative estimate of drug-likeness (QED) is 0.690. The van der Waals surface area contributed by atoms with Crippen molar-refractivity contribution in [1.82, 2.24) is 14.9 Å². The fourth-order valence-corrected chi connectivity index (χ4v) is 3.04. The molecule has 1 aromatic heterocycles. The van der Waals surface area contributed by atoms with Gasteiger partial charge in [-0.15, -0.1) is 0 Å². The van der Waals surface area contributed by atoms with E-state index < -0.39 is 16.0 Å². The fraction of sp³-hybridized carbons (Fsp3) is 0.636. The number of hydrogen-bond donors (Lipinski definition) is 3. The molecule has 9 heteroatoms. The minimum atomic E-state index is -3.75. The maximum Gasteiger partial charge on any atom is 0.356 e. The number of carboxylic acids is 1. The summed E-state index contributed by atoms with van der Waals surface area (Å²) in [7, 11) is -3.75. The summed E-state index contributed by atoms with van der Waals surface area (Å²) in [6.07, 6.45) is 2.73. The van der Waals surface area contributed by atoms with E-state index in [9.17, 15) is 13.2 Å². The van der Waals surface area contributed by atoms with Gasteiger partial charge >= 0.3 is 5.97 Å². The van der Waals surface area contributed by atoms with Gasteiger partial charge in [0, 0.05) is 25.8 Å². The van der Waals surface area contributed by atoms with Crippen molar-refractivity contribution < 1.29 is 23.1 Å². The zero-order valence-corrected chi connectivity index (χ0v) is 11.6. The third-order valence-corrected chi connectivity index (χ3v) is 4.53. The Kier molecular flexibility index (Phi) is 4.73.